The average molecular weight is 286 g/mol. The Morgan fingerprint density at radius 3 is 2.53 bits per heavy atom. The number of esters is 1. The van der Waals surface area contributed by atoms with Crippen molar-refractivity contribution < 1.29 is 23.8 Å². The molecule has 5 nitrogen and oxygen atoms in total. The monoisotopic (exact) mass is 286 g/mol. The summed E-state index contributed by atoms with van der Waals surface area (Å²) in [4.78, 5) is 22.3. The lowest BCUT2D eigenvalue weighted by Crippen LogP contribution is -2.24. The smallest absolute Gasteiger partial charge is 0.339 e. The highest BCUT2D eigenvalue weighted by Crippen LogP contribution is 2.20. The number of hydrogen-bond acceptors (Lipinski definition) is 5. The second-order valence-corrected chi connectivity index (χ2v) is 6.05. The standard InChI is InChI=1S/C13H18O5S/c1-8-10(12(15)16)5-9(17-8)6-19-7-11(14)18-13(2,3)4/h5H,6-7H2,1-4H3,(H,15,16). The molecule has 0 aliphatic heterocycles. The van der Waals surface area contributed by atoms with E-state index in [1.807, 2.05) is 20.8 Å². The summed E-state index contributed by atoms with van der Waals surface area (Å²) in [6.45, 7) is 7.03. The van der Waals surface area contributed by atoms with Crippen LogP contribution in [0.15, 0.2) is 10.5 Å². The third-order valence-corrected chi connectivity index (χ3v) is 3.01. The molecule has 0 fully saturated rings. The van der Waals surface area contributed by atoms with Gasteiger partial charge in [-0.15, -0.1) is 11.8 Å². The van der Waals surface area contributed by atoms with Crippen LogP contribution in [0.25, 0.3) is 0 Å². The lowest BCUT2D eigenvalue weighted by molar-refractivity contribution is -0.151. The molecule has 1 rings (SSSR count). The van der Waals surface area contributed by atoms with E-state index in [2.05, 4.69) is 0 Å². The van der Waals surface area contributed by atoms with E-state index >= 15 is 0 Å². The number of aromatic carboxylic acids is 1. The normalized spacial score (nSPS) is 11.4. The first kappa shape index (κ1) is 15.6. The van der Waals surface area contributed by atoms with Crippen LogP contribution in [0.4, 0.5) is 0 Å². The summed E-state index contributed by atoms with van der Waals surface area (Å²) in [6, 6.07) is 1.49. The zero-order valence-electron chi connectivity index (χ0n) is 11.5. The molecule has 1 heterocycles. The highest BCUT2D eigenvalue weighted by molar-refractivity contribution is 7.99. The summed E-state index contributed by atoms with van der Waals surface area (Å²) in [5.41, 5.74) is -0.331. The number of furan rings is 1. The van der Waals surface area contributed by atoms with Crippen molar-refractivity contribution in [3.8, 4) is 0 Å². The maximum Gasteiger partial charge on any atom is 0.339 e. The van der Waals surface area contributed by atoms with Gasteiger partial charge in [0.05, 0.1) is 11.5 Å². The lowest BCUT2D eigenvalue weighted by atomic mass is 10.2. The van der Waals surface area contributed by atoms with Crippen molar-refractivity contribution in [2.75, 3.05) is 5.75 Å². The molecule has 0 aliphatic carbocycles. The molecule has 106 valence electrons. The molecular weight excluding hydrogens is 268 g/mol. The molecule has 0 aliphatic rings. The van der Waals surface area contributed by atoms with E-state index in [1.54, 1.807) is 6.92 Å². The number of aryl methyl sites for hydroxylation is 1. The topological polar surface area (TPSA) is 76.7 Å². The van der Waals surface area contributed by atoms with Gasteiger partial charge in [0.15, 0.2) is 0 Å². The van der Waals surface area contributed by atoms with Crippen molar-refractivity contribution in [3.05, 3.63) is 23.2 Å². The predicted molar refractivity (Wildman–Crippen MR) is 72.4 cm³/mol. The summed E-state index contributed by atoms with van der Waals surface area (Å²) in [5.74, 6) is 0.264. The summed E-state index contributed by atoms with van der Waals surface area (Å²) < 4.78 is 10.5. The average Bonchev–Trinajstić information content (AvgIpc) is 2.57. The quantitative estimate of drug-likeness (QED) is 0.839. The van der Waals surface area contributed by atoms with Crippen LogP contribution in [0.2, 0.25) is 0 Å². The maximum absolute atomic E-state index is 11.5. The Labute approximate surface area is 116 Å². The highest BCUT2D eigenvalue weighted by Gasteiger charge is 2.17. The molecule has 1 N–H and O–H groups in total. The fourth-order valence-electron chi connectivity index (χ4n) is 1.43. The Morgan fingerprint density at radius 1 is 1.42 bits per heavy atom. The Bertz CT molecular complexity index is 470. The molecule has 0 saturated heterocycles. The maximum atomic E-state index is 11.5. The van der Waals surface area contributed by atoms with Crippen molar-refractivity contribution in [2.24, 2.45) is 0 Å². The van der Waals surface area contributed by atoms with Gasteiger partial charge < -0.3 is 14.3 Å². The number of thioether (sulfide) groups is 1. The third kappa shape index (κ3) is 5.38. The summed E-state index contributed by atoms with van der Waals surface area (Å²) in [5, 5.41) is 8.88. The summed E-state index contributed by atoms with van der Waals surface area (Å²) >= 11 is 1.33. The van der Waals surface area contributed by atoms with Crippen molar-refractivity contribution in [1.82, 2.24) is 0 Å². The minimum atomic E-state index is -1.01. The van der Waals surface area contributed by atoms with E-state index in [9.17, 15) is 9.59 Å². The van der Waals surface area contributed by atoms with Crippen LogP contribution < -0.4 is 0 Å². The molecule has 0 bridgehead atoms. The van der Waals surface area contributed by atoms with Crippen molar-refractivity contribution in [2.45, 2.75) is 39.0 Å². The molecule has 0 atom stereocenters. The van der Waals surface area contributed by atoms with Gasteiger partial charge in [-0.05, 0) is 33.8 Å². The number of carbonyl (C=O) groups is 2. The van der Waals surface area contributed by atoms with E-state index in [-0.39, 0.29) is 17.3 Å². The summed E-state index contributed by atoms with van der Waals surface area (Å²) in [6.07, 6.45) is 0. The Kier molecular flexibility index (Phi) is 5.05. The first-order valence-corrected chi connectivity index (χ1v) is 6.96. The zero-order valence-corrected chi connectivity index (χ0v) is 12.3. The van der Waals surface area contributed by atoms with Crippen LogP contribution in [-0.4, -0.2) is 28.4 Å². The van der Waals surface area contributed by atoms with Crippen molar-refractivity contribution in [1.29, 1.82) is 0 Å². The van der Waals surface area contributed by atoms with Crippen LogP contribution in [0, 0.1) is 6.92 Å². The van der Waals surface area contributed by atoms with E-state index in [4.69, 9.17) is 14.3 Å². The van der Waals surface area contributed by atoms with Crippen LogP contribution in [-0.2, 0) is 15.3 Å². The molecular formula is C13H18O5S. The largest absolute Gasteiger partial charge is 0.478 e. The second kappa shape index (κ2) is 6.14. The minimum Gasteiger partial charge on any atom is -0.478 e. The molecule has 0 saturated carbocycles. The highest BCUT2D eigenvalue weighted by atomic mass is 32.2. The Morgan fingerprint density at radius 2 is 2.05 bits per heavy atom. The van der Waals surface area contributed by atoms with Crippen LogP contribution >= 0.6 is 11.8 Å². The van der Waals surface area contributed by atoms with Gasteiger partial charge in [-0.2, -0.15) is 0 Å². The van der Waals surface area contributed by atoms with Gasteiger partial charge >= 0.3 is 11.9 Å². The Balaban J connectivity index is 2.44. The minimum absolute atomic E-state index is 0.160. The molecule has 6 heteroatoms. The lowest BCUT2D eigenvalue weighted by Gasteiger charge is -2.19. The van der Waals surface area contributed by atoms with Crippen molar-refractivity contribution in [3.63, 3.8) is 0 Å². The van der Waals surface area contributed by atoms with Gasteiger partial charge in [0, 0.05) is 0 Å². The first-order chi connectivity index (χ1) is 8.69. The molecule has 0 unspecified atom stereocenters. The third-order valence-electron chi connectivity index (χ3n) is 2.08. The summed E-state index contributed by atoms with van der Waals surface area (Å²) in [7, 11) is 0. The molecule has 0 radical (unpaired) electrons. The molecule has 0 aromatic carbocycles. The second-order valence-electron chi connectivity index (χ2n) is 5.07. The van der Waals surface area contributed by atoms with Crippen LogP contribution in [0.3, 0.4) is 0 Å². The molecule has 1 aromatic heterocycles. The van der Waals surface area contributed by atoms with Gasteiger partial charge in [0.1, 0.15) is 22.7 Å². The van der Waals surface area contributed by atoms with Gasteiger partial charge in [0.25, 0.3) is 0 Å². The van der Waals surface area contributed by atoms with Crippen LogP contribution in [0.5, 0.6) is 0 Å². The molecule has 19 heavy (non-hydrogen) atoms. The van der Waals surface area contributed by atoms with Gasteiger partial charge in [-0.1, -0.05) is 0 Å². The molecule has 0 amide bonds. The predicted octanol–water partition coefficient (Wildman–Crippen LogP) is 2.86. The zero-order chi connectivity index (χ0) is 14.6. The number of ether oxygens (including phenoxy) is 1. The number of rotatable bonds is 5. The van der Waals surface area contributed by atoms with E-state index in [1.165, 1.54) is 17.8 Å². The Hall–Kier alpha value is -1.43. The van der Waals surface area contributed by atoms with E-state index in [0.717, 1.165) is 0 Å². The SMILES string of the molecule is Cc1oc(CSCC(=O)OC(C)(C)C)cc1C(=O)O. The van der Waals surface area contributed by atoms with Gasteiger partial charge in [-0.25, -0.2) is 4.79 Å². The van der Waals surface area contributed by atoms with Crippen molar-refractivity contribution >= 4 is 23.7 Å². The molecule has 0 spiro atoms. The first-order valence-electron chi connectivity index (χ1n) is 5.81. The number of carbonyl (C=O) groups excluding carboxylic acids is 1. The van der Waals surface area contributed by atoms with E-state index < -0.39 is 11.6 Å². The van der Waals surface area contributed by atoms with E-state index in [0.29, 0.717) is 17.3 Å². The van der Waals surface area contributed by atoms with Gasteiger partial charge in [0.2, 0.25) is 0 Å². The van der Waals surface area contributed by atoms with Gasteiger partial charge in [-0.3, -0.25) is 4.79 Å². The number of hydrogen-bond donors (Lipinski definition) is 1. The fraction of sp³-hybridized carbons (Fsp3) is 0.538. The fourth-order valence-corrected chi connectivity index (χ4v) is 2.10. The number of carboxylic acid groups (broad SMARTS) is 1. The number of carboxylic acids is 1. The molecule has 1 aromatic rings. The van der Waals surface area contributed by atoms with Crippen LogP contribution in [0.1, 0.15) is 42.6 Å².